The van der Waals surface area contributed by atoms with E-state index >= 15 is 0 Å². The monoisotopic (exact) mass is 344 g/mol. The van der Waals surface area contributed by atoms with Crippen molar-refractivity contribution >= 4 is 11.6 Å². The maximum absolute atomic E-state index is 13.0. The third-order valence-electron chi connectivity index (χ3n) is 3.96. The Hall–Kier alpha value is -1.75. The maximum Gasteiger partial charge on any atom is 0.340 e. The van der Waals surface area contributed by atoms with Crippen molar-refractivity contribution in [1.82, 2.24) is 0 Å². The van der Waals surface area contributed by atoms with Gasteiger partial charge in [0.05, 0.1) is 0 Å². The van der Waals surface area contributed by atoms with Crippen molar-refractivity contribution < 1.29 is 22.3 Å². The van der Waals surface area contributed by atoms with Crippen molar-refractivity contribution in [2.24, 2.45) is 0 Å². The predicted octanol–water partition coefficient (Wildman–Crippen LogP) is 5.50. The lowest BCUT2D eigenvalue weighted by molar-refractivity contribution is -0.148. The highest BCUT2D eigenvalue weighted by molar-refractivity contribution is 6.31. The summed E-state index contributed by atoms with van der Waals surface area (Å²) in [5.41, 5.74) is 4.57. The van der Waals surface area contributed by atoms with Crippen molar-refractivity contribution in [3.8, 4) is 16.9 Å². The molecule has 0 saturated carbocycles. The summed E-state index contributed by atoms with van der Waals surface area (Å²) < 4.78 is 55.5. The molecule has 0 saturated heterocycles. The van der Waals surface area contributed by atoms with E-state index in [4.69, 9.17) is 16.3 Å². The van der Waals surface area contributed by atoms with Crippen LogP contribution in [0.3, 0.4) is 0 Å². The molecule has 1 aliphatic rings. The van der Waals surface area contributed by atoms with Gasteiger partial charge >= 0.3 is 12.3 Å². The molecule has 3 rings (SSSR count). The molecule has 0 heterocycles. The minimum absolute atomic E-state index is 0.178. The number of hydrogen-bond donors (Lipinski definition) is 0. The van der Waals surface area contributed by atoms with Crippen LogP contribution in [0.2, 0.25) is 5.02 Å². The normalized spacial score (nSPS) is 13.2. The molecule has 1 nitrogen and oxygen atoms in total. The molecular weight excluding hydrogens is 332 g/mol. The summed E-state index contributed by atoms with van der Waals surface area (Å²) in [6, 6.07) is 8.84. The highest BCUT2D eigenvalue weighted by atomic mass is 35.5. The van der Waals surface area contributed by atoms with Crippen LogP contribution in [0.25, 0.3) is 11.1 Å². The molecule has 0 aromatic heterocycles. The van der Waals surface area contributed by atoms with Gasteiger partial charge in [0.1, 0.15) is 5.75 Å². The molecule has 0 unspecified atom stereocenters. The summed E-state index contributed by atoms with van der Waals surface area (Å²) in [4.78, 5) is 0. The summed E-state index contributed by atoms with van der Waals surface area (Å²) in [5.74, 6) is -4.00. The first-order chi connectivity index (χ1) is 10.8. The van der Waals surface area contributed by atoms with Crippen LogP contribution in [0.5, 0.6) is 5.75 Å². The molecular formula is C17H13ClF4O. The van der Waals surface area contributed by atoms with Crippen LogP contribution in [0.1, 0.15) is 16.7 Å². The van der Waals surface area contributed by atoms with Gasteiger partial charge in [-0.1, -0.05) is 23.7 Å². The maximum atomic E-state index is 13.0. The first-order valence-corrected chi connectivity index (χ1v) is 7.37. The highest BCUT2D eigenvalue weighted by Gasteiger charge is 2.42. The lowest BCUT2D eigenvalue weighted by Crippen LogP contribution is -2.33. The zero-order valence-corrected chi connectivity index (χ0v) is 12.9. The van der Waals surface area contributed by atoms with Crippen LogP contribution >= 0.6 is 11.6 Å². The van der Waals surface area contributed by atoms with Gasteiger partial charge in [-0.3, -0.25) is 0 Å². The Morgan fingerprint density at radius 2 is 1.87 bits per heavy atom. The van der Waals surface area contributed by atoms with Gasteiger partial charge in [-0.25, -0.2) is 8.78 Å². The number of rotatable bonds is 4. The van der Waals surface area contributed by atoms with Crippen LogP contribution in [0.15, 0.2) is 30.3 Å². The molecule has 0 bridgehead atoms. The molecule has 23 heavy (non-hydrogen) atoms. The van der Waals surface area contributed by atoms with Crippen molar-refractivity contribution in [1.29, 1.82) is 0 Å². The molecule has 0 radical (unpaired) electrons. The van der Waals surface area contributed by atoms with E-state index in [1.54, 1.807) is 25.1 Å². The summed E-state index contributed by atoms with van der Waals surface area (Å²) in [6.45, 7) is 0.372. The number of halogens is 5. The standard InChI is InChI=1S/C17H13ClF4O/c1-9-14(23-8-17(21,22)16(19)20)5-3-11-6-10-2-4-12(18)7-13(10)15(9)11/h2-5,7,16H,6,8H2,1H3. The van der Waals surface area contributed by atoms with E-state index in [1.807, 2.05) is 12.1 Å². The van der Waals surface area contributed by atoms with E-state index in [2.05, 4.69) is 0 Å². The average Bonchev–Trinajstić information content (AvgIpc) is 2.84. The lowest BCUT2D eigenvalue weighted by Gasteiger charge is -2.18. The number of ether oxygens (including phenoxy) is 1. The van der Waals surface area contributed by atoms with E-state index in [0.717, 1.165) is 28.7 Å². The van der Waals surface area contributed by atoms with Crippen molar-refractivity contribution in [3.63, 3.8) is 0 Å². The first kappa shape index (κ1) is 16.1. The minimum atomic E-state index is -4.17. The second-order valence-electron chi connectivity index (χ2n) is 5.55. The number of fused-ring (bicyclic) bond motifs is 3. The topological polar surface area (TPSA) is 9.23 Å². The summed E-state index contributed by atoms with van der Waals surface area (Å²) in [7, 11) is 0. The van der Waals surface area contributed by atoms with Crippen molar-refractivity contribution in [3.05, 3.63) is 52.0 Å². The van der Waals surface area contributed by atoms with E-state index in [-0.39, 0.29) is 5.75 Å². The number of benzene rings is 2. The van der Waals surface area contributed by atoms with Gasteiger partial charge < -0.3 is 4.74 Å². The van der Waals surface area contributed by atoms with Gasteiger partial charge in [-0.2, -0.15) is 8.78 Å². The summed E-state index contributed by atoms with van der Waals surface area (Å²) in [6.07, 6.45) is -3.03. The van der Waals surface area contributed by atoms with Gasteiger partial charge in [0.25, 0.3) is 0 Å². The molecule has 0 spiro atoms. The average molecular weight is 345 g/mol. The van der Waals surface area contributed by atoms with E-state index in [9.17, 15) is 17.6 Å². The minimum Gasteiger partial charge on any atom is -0.487 e. The fourth-order valence-corrected chi connectivity index (χ4v) is 2.98. The molecule has 0 N–H and O–H groups in total. The SMILES string of the molecule is Cc1c(OCC(F)(F)C(F)F)ccc2c1-c1cc(Cl)ccc1C2. The van der Waals surface area contributed by atoms with Crippen LogP contribution < -0.4 is 4.74 Å². The Bertz CT molecular complexity index is 758. The molecule has 2 aromatic rings. The van der Waals surface area contributed by atoms with Crippen LogP contribution in [-0.4, -0.2) is 19.0 Å². The molecule has 0 aliphatic heterocycles. The predicted molar refractivity (Wildman–Crippen MR) is 80.9 cm³/mol. The third kappa shape index (κ3) is 2.90. The third-order valence-corrected chi connectivity index (χ3v) is 4.20. The van der Waals surface area contributed by atoms with Gasteiger partial charge in [0, 0.05) is 5.02 Å². The van der Waals surface area contributed by atoms with Gasteiger partial charge in [0.2, 0.25) is 0 Å². The van der Waals surface area contributed by atoms with Crippen LogP contribution in [-0.2, 0) is 6.42 Å². The molecule has 1 aliphatic carbocycles. The Labute approximate surface area is 135 Å². The van der Waals surface area contributed by atoms with Crippen LogP contribution in [0, 0.1) is 6.92 Å². The molecule has 122 valence electrons. The Balaban J connectivity index is 1.94. The largest absolute Gasteiger partial charge is 0.487 e. The second-order valence-corrected chi connectivity index (χ2v) is 5.99. The quantitative estimate of drug-likeness (QED) is 0.568. The Morgan fingerprint density at radius 1 is 1.17 bits per heavy atom. The lowest BCUT2D eigenvalue weighted by atomic mass is 10.00. The number of alkyl halides is 4. The van der Waals surface area contributed by atoms with Gasteiger partial charge in [-0.15, -0.1) is 0 Å². The Morgan fingerprint density at radius 3 is 2.57 bits per heavy atom. The molecule has 0 fully saturated rings. The smallest absolute Gasteiger partial charge is 0.340 e. The second kappa shape index (κ2) is 5.71. The van der Waals surface area contributed by atoms with Gasteiger partial charge in [-0.05, 0) is 59.4 Å². The Kier molecular flexibility index (Phi) is 4.00. The molecule has 6 heteroatoms. The number of hydrogen-bond acceptors (Lipinski definition) is 1. The van der Waals surface area contributed by atoms with E-state index < -0.39 is 19.0 Å². The van der Waals surface area contributed by atoms with E-state index in [0.29, 0.717) is 10.6 Å². The van der Waals surface area contributed by atoms with E-state index in [1.165, 1.54) is 0 Å². The fourth-order valence-electron chi connectivity index (χ4n) is 2.81. The zero-order valence-electron chi connectivity index (χ0n) is 12.2. The first-order valence-electron chi connectivity index (χ1n) is 6.99. The molecule has 2 aromatic carbocycles. The summed E-state index contributed by atoms with van der Waals surface area (Å²) >= 11 is 6.02. The molecule has 0 atom stereocenters. The summed E-state index contributed by atoms with van der Waals surface area (Å²) in [5, 5.41) is 0.576. The van der Waals surface area contributed by atoms with Crippen molar-refractivity contribution in [2.45, 2.75) is 25.7 Å². The van der Waals surface area contributed by atoms with Crippen LogP contribution in [0.4, 0.5) is 17.6 Å². The highest BCUT2D eigenvalue weighted by Crippen LogP contribution is 2.43. The fraction of sp³-hybridized carbons (Fsp3) is 0.294. The zero-order chi connectivity index (χ0) is 16.8. The van der Waals surface area contributed by atoms with Gasteiger partial charge in [0.15, 0.2) is 6.61 Å². The molecule has 0 amide bonds. The van der Waals surface area contributed by atoms with Crippen molar-refractivity contribution in [2.75, 3.05) is 6.61 Å².